The number of hydrogen-bond acceptors (Lipinski definition) is 3. The molecule has 2 saturated heterocycles. The summed E-state index contributed by atoms with van der Waals surface area (Å²) >= 11 is 0. The molecule has 3 heteroatoms. The van der Waals surface area contributed by atoms with Crippen LogP contribution in [0.3, 0.4) is 0 Å². The first-order chi connectivity index (χ1) is 9.65. The van der Waals surface area contributed by atoms with Crippen LogP contribution in [0.4, 0.5) is 0 Å². The summed E-state index contributed by atoms with van der Waals surface area (Å²) in [5, 5.41) is 0. The number of Topliss-reactive ketones (excluding diaryl/α,β-unsaturated/α-hetero) is 1. The van der Waals surface area contributed by atoms with Crippen LogP contribution in [0.2, 0.25) is 0 Å². The number of carbonyl (C=O) groups is 1. The molecule has 2 heterocycles. The summed E-state index contributed by atoms with van der Waals surface area (Å²) in [6, 6.07) is 9.08. The highest BCUT2D eigenvalue weighted by Gasteiger charge is 2.35. The van der Waals surface area contributed by atoms with Crippen LogP contribution in [0.5, 0.6) is 0 Å². The maximum absolute atomic E-state index is 12.5. The minimum atomic E-state index is 0.265. The molecule has 2 aliphatic heterocycles. The lowest BCUT2D eigenvalue weighted by Gasteiger charge is -2.42. The molecule has 108 valence electrons. The Kier molecular flexibility index (Phi) is 3.90. The predicted octanol–water partition coefficient (Wildman–Crippen LogP) is 2.35. The molecular formula is C17H24N2O. The SMILES string of the molecule is Cc1ccccc1C(=O)CN1CC2CCCN2CC1C. The van der Waals surface area contributed by atoms with Crippen molar-refractivity contribution in [1.29, 1.82) is 0 Å². The topological polar surface area (TPSA) is 23.6 Å². The lowest BCUT2D eigenvalue weighted by Crippen LogP contribution is -2.56. The van der Waals surface area contributed by atoms with E-state index >= 15 is 0 Å². The van der Waals surface area contributed by atoms with Crippen LogP contribution in [-0.4, -0.2) is 53.8 Å². The smallest absolute Gasteiger partial charge is 0.177 e. The first-order valence-corrected chi connectivity index (χ1v) is 7.72. The van der Waals surface area contributed by atoms with Gasteiger partial charge < -0.3 is 0 Å². The Bertz CT molecular complexity index is 500. The molecule has 2 aliphatic rings. The zero-order valence-corrected chi connectivity index (χ0v) is 12.5. The van der Waals surface area contributed by atoms with Gasteiger partial charge in [-0.1, -0.05) is 24.3 Å². The first kappa shape index (κ1) is 13.8. The van der Waals surface area contributed by atoms with Crippen molar-refractivity contribution in [3.63, 3.8) is 0 Å². The molecule has 0 N–H and O–H groups in total. The third-order valence-electron chi connectivity index (χ3n) is 4.86. The Morgan fingerprint density at radius 3 is 2.90 bits per heavy atom. The van der Waals surface area contributed by atoms with E-state index in [1.54, 1.807) is 0 Å². The predicted molar refractivity (Wildman–Crippen MR) is 81.1 cm³/mol. The van der Waals surface area contributed by atoms with Gasteiger partial charge in [0, 0.05) is 30.7 Å². The van der Waals surface area contributed by atoms with E-state index in [1.807, 2.05) is 31.2 Å². The van der Waals surface area contributed by atoms with Crippen molar-refractivity contribution in [2.75, 3.05) is 26.2 Å². The molecule has 3 rings (SSSR count). The zero-order valence-electron chi connectivity index (χ0n) is 12.5. The summed E-state index contributed by atoms with van der Waals surface area (Å²) in [4.78, 5) is 17.5. The second kappa shape index (κ2) is 5.66. The van der Waals surface area contributed by atoms with E-state index in [2.05, 4.69) is 16.7 Å². The summed E-state index contributed by atoms with van der Waals surface area (Å²) in [6.45, 7) is 8.25. The standard InChI is InChI=1S/C17H24N2O/c1-13-6-3-4-8-16(13)17(20)12-19-11-15-7-5-9-18(15)10-14(19)2/h3-4,6,8,14-15H,5,7,9-12H2,1-2H3. The Hall–Kier alpha value is -1.19. The average Bonchev–Trinajstić information content (AvgIpc) is 2.86. The van der Waals surface area contributed by atoms with Gasteiger partial charge in [-0.25, -0.2) is 0 Å². The molecule has 1 aromatic rings. The van der Waals surface area contributed by atoms with E-state index < -0.39 is 0 Å². The van der Waals surface area contributed by atoms with Crippen molar-refractivity contribution in [1.82, 2.24) is 9.80 Å². The molecule has 0 aliphatic carbocycles. The zero-order chi connectivity index (χ0) is 14.1. The summed E-state index contributed by atoms with van der Waals surface area (Å²) in [7, 11) is 0. The summed E-state index contributed by atoms with van der Waals surface area (Å²) in [5.41, 5.74) is 1.97. The molecule has 1 aromatic carbocycles. The van der Waals surface area contributed by atoms with Gasteiger partial charge in [0.25, 0.3) is 0 Å². The molecule has 3 nitrogen and oxygen atoms in total. The quantitative estimate of drug-likeness (QED) is 0.789. The highest BCUT2D eigenvalue weighted by Crippen LogP contribution is 2.24. The Balaban J connectivity index is 1.68. The van der Waals surface area contributed by atoms with Gasteiger partial charge in [0.15, 0.2) is 5.78 Å². The number of carbonyl (C=O) groups excluding carboxylic acids is 1. The molecule has 0 bridgehead atoms. The lowest BCUT2D eigenvalue weighted by atomic mass is 10.0. The molecule has 0 amide bonds. The molecule has 0 radical (unpaired) electrons. The Labute approximate surface area is 121 Å². The van der Waals surface area contributed by atoms with Gasteiger partial charge in [0.2, 0.25) is 0 Å². The third kappa shape index (κ3) is 2.65. The van der Waals surface area contributed by atoms with Crippen molar-refractivity contribution in [3.05, 3.63) is 35.4 Å². The van der Waals surface area contributed by atoms with Crippen molar-refractivity contribution in [2.24, 2.45) is 0 Å². The van der Waals surface area contributed by atoms with E-state index in [0.717, 1.165) is 24.2 Å². The van der Waals surface area contributed by atoms with Crippen LogP contribution in [0, 0.1) is 6.92 Å². The van der Waals surface area contributed by atoms with E-state index in [-0.39, 0.29) is 5.78 Å². The number of hydrogen-bond donors (Lipinski definition) is 0. The second-order valence-electron chi connectivity index (χ2n) is 6.31. The largest absolute Gasteiger partial charge is 0.298 e. The summed E-state index contributed by atoms with van der Waals surface area (Å²) in [5.74, 6) is 0.265. The number of benzene rings is 1. The van der Waals surface area contributed by atoms with Gasteiger partial charge >= 0.3 is 0 Å². The highest BCUT2D eigenvalue weighted by molar-refractivity contribution is 5.98. The van der Waals surface area contributed by atoms with Crippen LogP contribution < -0.4 is 0 Å². The van der Waals surface area contributed by atoms with Gasteiger partial charge in [-0.15, -0.1) is 0 Å². The molecular weight excluding hydrogens is 248 g/mol. The van der Waals surface area contributed by atoms with Crippen LogP contribution in [0.1, 0.15) is 35.7 Å². The maximum Gasteiger partial charge on any atom is 0.177 e. The van der Waals surface area contributed by atoms with E-state index in [1.165, 1.54) is 19.4 Å². The van der Waals surface area contributed by atoms with Crippen molar-refractivity contribution in [2.45, 2.75) is 38.8 Å². The molecule has 2 unspecified atom stereocenters. The molecule has 2 fully saturated rings. The fraction of sp³-hybridized carbons (Fsp3) is 0.588. The van der Waals surface area contributed by atoms with Gasteiger partial charge in [-0.3, -0.25) is 14.6 Å². The Morgan fingerprint density at radius 2 is 2.10 bits per heavy atom. The van der Waals surface area contributed by atoms with E-state index in [9.17, 15) is 4.79 Å². The van der Waals surface area contributed by atoms with Crippen LogP contribution in [-0.2, 0) is 0 Å². The minimum Gasteiger partial charge on any atom is -0.298 e. The fourth-order valence-electron chi connectivity index (χ4n) is 3.62. The summed E-state index contributed by atoms with van der Waals surface area (Å²) < 4.78 is 0. The summed E-state index contributed by atoms with van der Waals surface area (Å²) in [6.07, 6.45) is 2.61. The van der Waals surface area contributed by atoms with Crippen LogP contribution in [0.25, 0.3) is 0 Å². The van der Waals surface area contributed by atoms with Crippen molar-refractivity contribution in [3.8, 4) is 0 Å². The van der Waals surface area contributed by atoms with Gasteiger partial charge in [-0.2, -0.15) is 0 Å². The number of aryl methyl sites for hydroxylation is 1. The molecule has 0 saturated carbocycles. The van der Waals surface area contributed by atoms with Gasteiger partial charge in [-0.05, 0) is 38.8 Å². The monoisotopic (exact) mass is 272 g/mol. The number of nitrogens with zero attached hydrogens (tertiary/aromatic N) is 2. The Morgan fingerprint density at radius 1 is 1.30 bits per heavy atom. The number of fused-ring (bicyclic) bond motifs is 1. The van der Waals surface area contributed by atoms with E-state index in [0.29, 0.717) is 18.6 Å². The molecule has 20 heavy (non-hydrogen) atoms. The van der Waals surface area contributed by atoms with Gasteiger partial charge in [0.1, 0.15) is 0 Å². The first-order valence-electron chi connectivity index (χ1n) is 7.72. The van der Waals surface area contributed by atoms with Crippen molar-refractivity contribution < 1.29 is 4.79 Å². The number of rotatable bonds is 3. The normalized spacial score (nSPS) is 27.5. The van der Waals surface area contributed by atoms with Crippen LogP contribution >= 0.6 is 0 Å². The van der Waals surface area contributed by atoms with Crippen molar-refractivity contribution >= 4 is 5.78 Å². The minimum absolute atomic E-state index is 0.265. The number of piperazine rings is 1. The molecule has 2 atom stereocenters. The second-order valence-corrected chi connectivity index (χ2v) is 6.31. The molecule has 0 spiro atoms. The van der Waals surface area contributed by atoms with Crippen LogP contribution in [0.15, 0.2) is 24.3 Å². The average molecular weight is 272 g/mol. The van der Waals surface area contributed by atoms with E-state index in [4.69, 9.17) is 0 Å². The number of ketones is 1. The highest BCUT2D eigenvalue weighted by atomic mass is 16.1. The lowest BCUT2D eigenvalue weighted by molar-refractivity contribution is 0.0535. The third-order valence-corrected chi connectivity index (χ3v) is 4.86. The maximum atomic E-state index is 12.5. The van der Waals surface area contributed by atoms with Gasteiger partial charge in [0.05, 0.1) is 6.54 Å². The fourth-order valence-corrected chi connectivity index (χ4v) is 3.62. The molecule has 0 aromatic heterocycles.